The third-order valence-corrected chi connectivity index (χ3v) is 3.67. The van der Waals surface area contributed by atoms with Gasteiger partial charge in [-0.1, -0.05) is 0 Å². The smallest absolute Gasteiger partial charge is 0.290 e. The first-order valence-electron chi connectivity index (χ1n) is 7.51. The van der Waals surface area contributed by atoms with Crippen molar-refractivity contribution in [2.75, 3.05) is 7.11 Å². The fraction of sp³-hybridized carbons (Fsp3) is 0.167. The van der Waals surface area contributed by atoms with E-state index in [2.05, 4.69) is 15.5 Å². The van der Waals surface area contributed by atoms with E-state index in [1.165, 1.54) is 0 Å². The van der Waals surface area contributed by atoms with Crippen LogP contribution in [-0.4, -0.2) is 28.6 Å². The largest absolute Gasteiger partial charge is 0.497 e. The van der Waals surface area contributed by atoms with Gasteiger partial charge in [0.05, 0.1) is 19.0 Å². The van der Waals surface area contributed by atoms with E-state index in [9.17, 15) is 4.79 Å². The third-order valence-electron chi connectivity index (χ3n) is 3.67. The first-order chi connectivity index (χ1) is 11.6. The molecule has 122 valence electrons. The van der Waals surface area contributed by atoms with Crippen LogP contribution in [0.5, 0.6) is 5.75 Å². The molecule has 0 saturated carbocycles. The van der Waals surface area contributed by atoms with Crippen LogP contribution in [0.15, 0.2) is 47.7 Å². The van der Waals surface area contributed by atoms with E-state index in [4.69, 9.17) is 4.74 Å². The molecule has 0 spiro atoms. The number of nitrogens with one attached hydrogen (secondary N) is 1. The molecule has 0 aliphatic carbocycles. The lowest BCUT2D eigenvalue weighted by molar-refractivity contribution is 0.0948. The van der Waals surface area contributed by atoms with Crippen LogP contribution < -0.4 is 10.2 Å². The molecule has 3 aromatic rings. The van der Waals surface area contributed by atoms with Gasteiger partial charge in [-0.25, -0.2) is 10.4 Å². The van der Waals surface area contributed by atoms with E-state index >= 15 is 0 Å². The number of rotatable bonds is 4. The molecule has 2 aromatic heterocycles. The Hall–Kier alpha value is -3.15. The molecule has 3 rings (SSSR count). The van der Waals surface area contributed by atoms with Gasteiger partial charge in [0.15, 0.2) is 0 Å². The quantitative estimate of drug-likeness (QED) is 0.593. The maximum absolute atomic E-state index is 12.4. The molecule has 2 heterocycles. The number of aryl methyl sites for hydroxylation is 2. The highest BCUT2D eigenvalue weighted by Gasteiger charge is 2.15. The summed E-state index contributed by atoms with van der Waals surface area (Å²) in [6, 6.07) is 11.3. The SMILES string of the molecule is COc1ccc(/C=N\NC(=O)c2c(C)nc3cc(C)ccn23)cc1. The van der Waals surface area contributed by atoms with E-state index in [0.29, 0.717) is 11.4 Å². The van der Waals surface area contributed by atoms with Crippen molar-refractivity contribution in [3.05, 3.63) is 65.1 Å². The summed E-state index contributed by atoms with van der Waals surface area (Å²) in [7, 11) is 1.61. The molecule has 6 nitrogen and oxygen atoms in total. The molecule has 0 bridgehead atoms. The monoisotopic (exact) mass is 322 g/mol. The average Bonchev–Trinajstić information content (AvgIpc) is 2.90. The Bertz CT molecular complexity index is 911. The second kappa shape index (κ2) is 6.54. The lowest BCUT2D eigenvalue weighted by Gasteiger charge is -2.02. The normalized spacial score (nSPS) is 11.1. The number of pyridine rings is 1. The van der Waals surface area contributed by atoms with Gasteiger partial charge in [0.1, 0.15) is 17.1 Å². The number of aromatic nitrogens is 2. The van der Waals surface area contributed by atoms with Crippen LogP contribution in [-0.2, 0) is 0 Å². The number of carbonyl (C=O) groups is 1. The number of amides is 1. The highest BCUT2D eigenvalue weighted by molar-refractivity contribution is 5.95. The van der Waals surface area contributed by atoms with E-state index < -0.39 is 0 Å². The molecule has 0 aliphatic heterocycles. The van der Waals surface area contributed by atoms with Crippen LogP contribution in [0.1, 0.15) is 27.3 Å². The van der Waals surface area contributed by atoms with Crippen LogP contribution in [0, 0.1) is 13.8 Å². The Morgan fingerprint density at radius 2 is 2.00 bits per heavy atom. The Kier molecular flexibility index (Phi) is 4.29. The molecule has 1 aromatic carbocycles. The van der Waals surface area contributed by atoms with Gasteiger partial charge in [0.2, 0.25) is 0 Å². The highest BCUT2D eigenvalue weighted by Crippen LogP contribution is 2.13. The fourth-order valence-electron chi connectivity index (χ4n) is 2.45. The molecule has 1 N–H and O–H groups in total. The summed E-state index contributed by atoms with van der Waals surface area (Å²) in [5.41, 5.74) is 6.40. The predicted octanol–water partition coefficient (Wildman–Crippen LogP) is 2.72. The van der Waals surface area contributed by atoms with E-state index in [1.54, 1.807) is 17.7 Å². The van der Waals surface area contributed by atoms with Crippen LogP contribution in [0.3, 0.4) is 0 Å². The molecule has 6 heteroatoms. The van der Waals surface area contributed by atoms with Gasteiger partial charge < -0.3 is 4.74 Å². The molecule has 1 amide bonds. The van der Waals surface area contributed by atoms with Gasteiger partial charge in [-0.3, -0.25) is 9.20 Å². The molecular weight excluding hydrogens is 304 g/mol. The minimum absolute atomic E-state index is 0.298. The topological polar surface area (TPSA) is 68.0 Å². The molecule has 0 radical (unpaired) electrons. The summed E-state index contributed by atoms with van der Waals surface area (Å²) < 4.78 is 6.86. The van der Waals surface area contributed by atoms with Crippen LogP contribution in [0.25, 0.3) is 5.65 Å². The van der Waals surface area contributed by atoms with Gasteiger partial charge in [0, 0.05) is 6.20 Å². The molecule has 0 aliphatic rings. The number of ether oxygens (including phenoxy) is 1. The number of imidazole rings is 1. The first kappa shape index (κ1) is 15.7. The van der Waals surface area contributed by atoms with Crippen molar-refractivity contribution >= 4 is 17.8 Å². The summed E-state index contributed by atoms with van der Waals surface area (Å²) in [5.74, 6) is 0.474. The van der Waals surface area contributed by atoms with Gasteiger partial charge >= 0.3 is 0 Å². The van der Waals surface area contributed by atoms with Crippen LogP contribution >= 0.6 is 0 Å². The third kappa shape index (κ3) is 3.12. The molecule has 0 unspecified atom stereocenters. The van der Waals surface area contributed by atoms with Crippen molar-refractivity contribution in [1.82, 2.24) is 14.8 Å². The molecule has 0 atom stereocenters. The second-order valence-electron chi connectivity index (χ2n) is 5.45. The lowest BCUT2D eigenvalue weighted by atomic mass is 10.2. The fourth-order valence-corrected chi connectivity index (χ4v) is 2.45. The summed E-state index contributed by atoms with van der Waals surface area (Å²) in [4.78, 5) is 16.8. The highest BCUT2D eigenvalue weighted by atomic mass is 16.5. The summed E-state index contributed by atoms with van der Waals surface area (Å²) in [6.45, 7) is 3.80. The second-order valence-corrected chi connectivity index (χ2v) is 5.45. The van der Waals surface area contributed by atoms with E-state index in [0.717, 1.165) is 22.5 Å². The summed E-state index contributed by atoms with van der Waals surface area (Å²) in [5, 5.41) is 4.01. The Morgan fingerprint density at radius 3 is 2.71 bits per heavy atom. The lowest BCUT2D eigenvalue weighted by Crippen LogP contribution is -2.20. The number of methoxy groups -OCH3 is 1. The maximum atomic E-state index is 12.4. The van der Waals surface area contributed by atoms with Gasteiger partial charge in [-0.2, -0.15) is 5.10 Å². The Labute approximate surface area is 139 Å². The van der Waals surface area contributed by atoms with Gasteiger partial charge in [-0.15, -0.1) is 0 Å². The molecular formula is C18H18N4O2. The molecule has 24 heavy (non-hydrogen) atoms. The predicted molar refractivity (Wildman–Crippen MR) is 92.7 cm³/mol. The van der Waals surface area contributed by atoms with Crippen molar-refractivity contribution in [1.29, 1.82) is 0 Å². The zero-order valence-electron chi connectivity index (χ0n) is 13.8. The molecule has 0 fully saturated rings. The minimum Gasteiger partial charge on any atom is -0.497 e. The van der Waals surface area contributed by atoms with Crippen molar-refractivity contribution in [2.24, 2.45) is 5.10 Å². The summed E-state index contributed by atoms with van der Waals surface area (Å²) >= 11 is 0. The first-order valence-corrected chi connectivity index (χ1v) is 7.51. The zero-order chi connectivity index (χ0) is 17.1. The maximum Gasteiger partial charge on any atom is 0.290 e. The van der Waals surface area contributed by atoms with Gasteiger partial charge in [-0.05, 0) is 61.4 Å². The zero-order valence-corrected chi connectivity index (χ0v) is 13.8. The standard InChI is InChI=1S/C18H18N4O2/c1-12-8-9-22-16(10-12)20-13(2)17(22)18(23)21-19-11-14-4-6-15(24-3)7-5-14/h4-11H,1-3H3,(H,21,23)/b19-11-. The number of hydrazone groups is 1. The van der Waals surface area contributed by atoms with Crippen molar-refractivity contribution in [3.63, 3.8) is 0 Å². The van der Waals surface area contributed by atoms with Crippen molar-refractivity contribution < 1.29 is 9.53 Å². The number of fused-ring (bicyclic) bond motifs is 1. The Morgan fingerprint density at radius 1 is 1.25 bits per heavy atom. The number of nitrogens with zero attached hydrogens (tertiary/aromatic N) is 3. The minimum atomic E-state index is -0.298. The average molecular weight is 322 g/mol. The number of hydrogen-bond acceptors (Lipinski definition) is 4. The van der Waals surface area contributed by atoms with Crippen molar-refractivity contribution in [2.45, 2.75) is 13.8 Å². The van der Waals surface area contributed by atoms with Crippen LogP contribution in [0.4, 0.5) is 0 Å². The van der Waals surface area contributed by atoms with E-state index in [-0.39, 0.29) is 5.91 Å². The van der Waals surface area contributed by atoms with Gasteiger partial charge in [0.25, 0.3) is 5.91 Å². The van der Waals surface area contributed by atoms with E-state index in [1.807, 2.05) is 56.4 Å². The number of carbonyl (C=O) groups excluding carboxylic acids is 1. The van der Waals surface area contributed by atoms with Crippen molar-refractivity contribution in [3.8, 4) is 5.75 Å². The Balaban J connectivity index is 1.77. The van der Waals surface area contributed by atoms with Crippen LogP contribution in [0.2, 0.25) is 0 Å². The number of benzene rings is 1. The summed E-state index contributed by atoms with van der Waals surface area (Å²) in [6.07, 6.45) is 3.42. The number of hydrogen-bond donors (Lipinski definition) is 1. The molecule has 0 saturated heterocycles.